The highest BCUT2D eigenvalue weighted by atomic mass is 32.1. The molecule has 2 heteroatoms. The fourth-order valence-corrected chi connectivity index (χ4v) is 4.67. The predicted molar refractivity (Wildman–Crippen MR) is 90.5 cm³/mol. The molecule has 1 saturated carbocycles. The van der Waals surface area contributed by atoms with Crippen LogP contribution in [0, 0.1) is 17.8 Å². The van der Waals surface area contributed by atoms with E-state index in [9.17, 15) is 0 Å². The Morgan fingerprint density at radius 1 is 1.10 bits per heavy atom. The van der Waals surface area contributed by atoms with Gasteiger partial charge >= 0.3 is 0 Å². The van der Waals surface area contributed by atoms with Crippen LogP contribution in [0.5, 0.6) is 0 Å². The maximum atomic E-state index is 3.60. The van der Waals surface area contributed by atoms with Crippen LogP contribution in [-0.4, -0.2) is 13.1 Å². The molecule has 1 unspecified atom stereocenters. The summed E-state index contributed by atoms with van der Waals surface area (Å²) < 4.78 is 0. The minimum Gasteiger partial charge on any atom is -0.316 e. The third-order valence-electron chi connectivity index (χ3n) is 5.19. The lowest BCUT2D eigenvalue weighted by Crippen LogP contribution is -2.38. The van der Waals surface area contributed by atoms with Gasteiger partial charge in [0.25, 0.3) is 0 Å². The predicted octanol–water partition coefficient (Wildman–Crippen LogP) is 4.90. The summed E-state index contributed by atoms with van der Waals surface area (Å²) in [5, 5.41) is 3.60. The fourth-order valence-electron chi connectivity index (χ4n) is 3.66. The summed E-state index contributed by atoms with van der Waals surface area (Å²) in [6.07, 6.45) is 8.10. The standard InChI is InChI=1S/C18H31NS/c1-5-16-10-11-17(20-16)12-18(19-4)15-8-6-14(7-9-15)13(2)3/h10-11,13-15,18-19H,5-9,12H2,1-4H3. The SMILES string of the molecule is CCc1ccc(CC(NC)C2CCC(C(C)C)CC2)s1. The van der Waals surface area contributed by atoms with E-state index in [1.807, 2.05) is 11.3 Å². The number of hydrogen-bond acceptors (Lipinski definition) is 2. The maximum Gasteiger partial charge on any atom is 0.0141 e. The lowest BCUT2D eigenvalue weighted by atomic mass is 9.74. The average molecular weight is 294 g/mol. The molecule has 0 aliphatic heterocycles. The van der Waals surface area contributed by atoms with E-state index >= 15 is 0 Å². The van der Waals surface area contributed by atoms with Crippen LogP contribution in [0.25, 0.3) is 0 Å². The van der Waals surface area contributed by atoms with Gasteiger partial charge in [-0.15, -0.1) is 11.3 Å². The Kier molecular flexibility index (Phi) is 6.10. The average Bonchev–Trinajstić information content (AvgIpc) is 2.92. The van der Waals surface area contributed by atoms with Gasteiger partial charge in [0.2, 0.25) is 0 Å². The monoisotopic (exact) mass is 293 g/mol. The van der Waals surface area contributed by atoms with E-state index in [0.717, 1.165) is 17.8 Å². The van der Waals surface area contributed by atoms with Gasteiger partial charge < -0.3 is 5.32 Å². The van der Waals surface area contributed by atoms with E-state index in [-0.39, 0.29) is 0 Å². The van der Waals surface area contributed by atoms with Crippen molar-refractivity contribution in [1.82, 2.24) is 5.32 Å². The summed E-state index contributed by atoms with van der Waals surface area (Å²) in [5.41, 5.74) is 0. The number of nitrogens with one attached hydrogen (secondary N) is 1. The first-order chi connectivity index (χ1) is 9.63. The number of aryl methyl sites for hydroxylation is 1. The van der Waals surface area contributed by atoms with E-state index in [1.54, 1.807) is 4.88 Å². The van der Waals surface area contributed by atoms with Crippen molar-refractivity contribution in [3.8, 4) is 0 Å². The lowest BCUT2D eigenvalue weighted by molar-refractivity contribution is 0.192. The van der Waals surface area contributed by atoms with Crippen LogP contribution < -0.4 is 5.32 Å². The third-order valence-corrected chi connectivity index (χ3v) is 6.44. The fraction of sp³-hybridized carbons (Fsp3) is 0.778. The molecule has 2 rings (SSSR count). The molecule has 0 amide bonds. The molecule has 20 heavy (non-hydrogen) atoms. The van der Waals surface area contributed by atoms with Crippen molar-refractivity contribution in [3.63, 3.8) is 0 Å². The molecular weight excluding hydrogens is 262 g/mol. The number of rotatable bonds is 6. The highest BCUT2D eigenvalue weighted by Crippen LogP contribution is 2.35. The second kappa shape index (κ2) is 7.61. The highest BCUT2D eigenvalue weighted by Gasteiger charge is 2.28. The van der Waals surface area contributed by atoms with Crippen LogP contribution in [0.1, 0.15) is 56.2 Å². The normalized spacial score (nSPS) is 25.1. The minimum absolute atomic E-state index is 0.673. The molecule has 1 aromatic rings. The summed E-state index contributed by atoms with van der Waals surface area (Å²) >= 11 is 2.01. The van der Waals surface area contributed by atoms with Crippen LogP contribution >= 0.6 is 11.3 Å². The molecule has 1 atom stereocenters. The van der Waals surface area contributed by atoms with Crippen LogP contribution in [0.4, 0.5) is 0 Å². The summed E-state index contributed by atoms with van der Waals surface area (Å²) in [6.45, 7) is 7.02. The van der Waals surface area contributed by atoms with E-state index in [1.165, 1.54) is 43.4 Å². The largest absolute Gasteiger partial charge is 0.316 e. The summed E-state index contributed by atoms with van der Waals surface area (Å²) in [4.78, 5) is 3.09. The molecule has 1 nitrogen and oxygen atoms in total. The molecule has 1 aliphatic rings. The molecule has 0 saturated heterocycles. The van der Waals surface area contributed by atoms with Gasteiger partial charge in [-0.05, 0) is 75.5 Å². The van der Waals surface area contributed by atoms with Gasteiger partial charge in [0.15, 0.2) is 0 Å². The Morgan fingerprint density at radius 3 is 2.20 bits per heavy atom. The van der Waals surface area contributed by atoms with Gasteiger partial charge in [0.05, 0.1) is 0 Å². The molecule has 1 fully saturated rings. The topological polar surface area (TPSA) is 12.0 Å². The Balaban J connectivity index is 1.89. The second-order valence-corrected chi connectivity index (χ2v) is 7.99. The van der Waals surface area contributed by atoms with Crippen molar-refractivity contribution < 1.29 is 0 Å². The summed E-state index contributed by atoms with van der Waals surface area (Å²) in [5.74, 6) is 2.72. The first-order valence-electron chi connectivity index (χ1n) is 8.38. The van der Waals surface area contributed by atoms with E-state index in [2.05, 4.69) is 45.3 Å². The molecule has 1 aromatic heterocycles. The number of likely N-dealkylation sites (N-methyl/N-ethyl adjacent to an activating group) is 1. The van der Waals surface area contributed by atoms with Gasteiger partial charge in [-0.2, -0.15) is 0 Å². The van der Waals surface area contributed by atoms with Crippen molar-refractivity contribution >= 4 is 11.3 Å². The number of hydrogen-bond donors (Lipinski definition) is 1. The van der Waals surface area contributed by atoms with Crippen molar-refractivity contribution in [2.45, 2.75) is 65.3 Å². The molecule has 114 valence electrons. The molecule has 0 spiro atoms. The first kappa shape index (κ1) is 16.0. The van der Waals surface area contributed by atoms with Gasteiger partial charge in [-0.3, -0.25) is 0 Å². The van der Waals surface area contributed by atoms with Gasteiger partial charge in [-0.25, -0.2) is 0 Å². The van der Waals surface area contributed by atoms with Crippen LogP contribution in [-0.2, 0) is 12.8 Å². The van der Waals surface area contributed by atoms with Crippen LogP contribution in [0.3, 0.4) is 0 Å². The van der Waals surface area contributed by atoms with Gasteiger partial charge in [0, 0.05) is 15.8 Å². The Morgan fingerprint density at radius 2 is 1.70 bits per heavy atom. The van der Waals surface area contributed by atoms with E-state index < -0.39 is 0 Å². The van der Waals surface area contributed by atoms with Gasteiger partial charge in [0.1, 0.15) is 0 Å². The zero-order valence-electron chi connectivity index (χ0n) is 13.6. The smallest absolute Gasteiger partial charge is 0.0141 e. The van der Waals surface area contributed by atoms with Gasteiger partial charge in [-0.1, -0.05) is 20.8 Å². The zero-order valence-corrected chi connectivity index (χ0v) is 14.4. The molecule has 0 bridgehead atoms. The Bertz CT molecular complexity index is 388. The molecule has 0 radical (unpaired) electrons. The van der Waals surface area contributed by atoms with Crippen LogP contribution in [0.15, 0.2) is 12.1 Å². The third kappa shape index (κ3) is 4.08. The van der Waals surface area contributed by atoms with Crippen molar-refractivity contribution in [1.29, 1.82) is 0 Å². The lowest BCUT2D eigenvalue weighted by Gasteiger charge is -2.35. The summed E-state index contributed by atoms with van der Waals surface area (Å²) in [6, 6.07) is 5.32. The molecule has 1 N–H and O–H groups in total. The van der Waals surface area contributed by atoms with E-state index in [4.69, 9.17) is 0 Å². The minimum atomic E-state index is 0.673. The van der Waals surface area contributed by atoms with Crippen LogP contribution in [0.2, 0.25) is 0 Å². The molecular formula is C18H31NS. The second-order valence-electron chi connectivity index (χ2n) is 6.74. The van der Waals surface area contributed by atoms with E-state index in [0.29, 0.717) is 6.04 Å². The van der Waals surface area contributed by atoms with Crippen molar-refractivity contribution in [2.75, 3.05) is 7.05 Å². The Labute approximate surface area is 129 Å². The molecule has 1 aliphatic carbocycles. The number of thiophene rings is 1. The molecule has 0 aromatic carbocycles. The maximum absolute atomic E-state index is 3.60. The van der Waals surface area contributed by atoms with Crippen molar-refractivity contribution in [2.24, 2.45) is 17.8 Å². The zero-order chi connectivity index (χ0) is 14.5. The van der Waals surface area contributed by atoms with Crippen molar-refractivity contribution in [3.05, 3.63) is 21.9 Å². The molecule has 1 heterocycles. The quantitative estimate of drug-likeness (QED) is 0.786. The highest BCUT2D eigenvalue weighted by molar-refractivity contribution is 7.11. The summed E-state index contributed by atoms with van der Waals surface area (Å²) in [7, 11) is 2.15. The first-order valence-corrected chi connectivity index (χ1v) is 9.20. The Hall–Kier alpha value is -0.340.